The highest BCUT2D eigenvalue weighted by molar-refractivity contribution is 6.14. The van der Waals surface area contributed by atoms with Gasteiger partial charge in [-0.1, -0.05) is 24.3 Å². The predicted molar refractivity (Wildman–Crippen MR) is 82.1 cm³/mol. The first-order valence-corrected chi connectivity index (χ1v) is 6.78. The summed E-state index contributed by atoms with van der Waals surface area (Å²) in [5.74, 6) is 0.463. The lowest BCUT2D eigenvalue weighted by Crippen LogP contribution is -2.18. The largest absolute Gasteiger partial charge is 0.488 e. The first kappa shape index (κ1) is 14.0. The second-order valence-corrected chi connectivity index (χ2v) is 5.09. The van der Waals surface area contributed by atoms with Crippen molar-refractivity contribution in [2.24, 2.45) is 0 Å². The molecule has 0 bridgehead atoms. The minimum Gasteiger partial charge on any atom is -0.488 e. The number of ether oxygens (including phenoxy) is 1. The number of benzene rings is 2. The van der Waals surface area contributed by atoms with E-state index in [-0.39, 0.29) is 18.1 Å². The topological polar surface area (TPSA) is 69.4 Å². The molecule has 0 spiro atoms. The fourth-order valence-corrected chi connectivity index (χ4v) is 2.40. The number of rotatable bonds is 2. The Bertz CT molecular complexity index is 808. The number of aryl methyl sites for hydroxylation is 1. The van der Waals surface area contributed by atoms with Gasteiger partial charge in [0.2, 0.25) is 0 Å². The van der Waals surface area contributed by atoms with Gasteiger partial charge in [0, 0.05) is 17.2 Å². The van der Waals surface area contributed by atoms with Crippen molar-refractivity contribution in [1.29, 1.82) is 0 Å². The molecule has 0 aliphatic carbocycles. The molecule has 5 nitrogen and oxygen atoms in total. The van der Waals surface area contributed by atoms with Gasteiger partial charge in [-0.25, -0.2) is 0 Å². The van der Waals surface area contributed by atoms with Crippen LogP contribution in [0.4, 0.5) is 5.69 Å². The highest BCUT2D eigenvalue weighted by Gasteiger charge is 2.23. The SMILES string of the molecule is Cc1ccc(/C=C2\COc3ccccc3C2=O)cc1[N+](=O)[O-]. The minimum absolute atomic E-state index is 0.0407. The van der Waals surface area contributed by atoms with Crippen molar-refractivity contribution in [3.05, 3.63) is 74.8 Å². The molecule has 1 aliphatic heterocycles. The van der Waals surface area contributed by atoms with Crippen LogP contribution in [-0.4, -0.2) is 17.3 Å². The number of hydrogen-bond donors (Lipinski definition) is 0. The van der Waals surface area contributed by atoms with Crippen LogP contribution in [0.3, 0.4) is 0 Å². The maximum Gasteiger partial charge on any atom is 0.272 e. The van der Waals surface area contributed by atoms with Gasteiger partial charge in [-0.05, 0) is 30.7 Å². The van der Waals surface area contributed by atoms with Gasteiger partial charge in [-0.15, -0.1) is 0 Å². The molecule has 5 heteroatoms. The van der Waals surface area contributed by atoms with Gasteiger partial charge in [0.15, 0.2) is 5.78 Å². The minimum atomic E-state index is -0.425. The highest BCUT2D eigenvalue weighted by Crippen LogP contribution is 2.28. The molecule has 0 radical (unpaired) electrons. The van der Waals surface area contributed by atoms with Gasteiger partial charge in [-0.2, -0.15) is 0 Å². The zero-order valence-electron chi connectivity index (χ0n) is 11.9. The number of ketones is 1. The molecule has 0 fully saturated rings. The molecule has 0 atom stereocenters. The maximum atomic E-state index is 12.4. The summed E-state index contributed by atoms with van der Waals surface area (Å²) in [6.45, 7) is 1.84. The van der Waals surface area contributed by atoms with Crippen LogP contribution in [-0.2, 0) is 0 Å². The monoisotopic (exact) mass is 295 g/mol. The molecule has 0 amide bonds. The van der Waals surface area contributed by atoms with Gasteiger partial charge in [0.25, 0.3) is 5.69 Å². The maximum absolute atomic E-state index is 12.4. The summed E-state index contributed by atoms with van der Waals surface area (Å²) < 4.78 is 5.56. The smallest absolute Gasteiger partial charge is 0.272 e. The third-order valence-corrected chi connectivity index (χ3v) is 3.58. The quantitative estimate of drug-likeness (QED) is 0.482. The molecular formula is C17H13NO4. The number of hydrogen-bond acceptors (Lipinski definition) is 4. The van der Waals surface area contributed by atoms with Crippen molar-refractivity contribution >= 4 is 17.5 Å². The average Bonchev–Trinajstić information content (AvgIpc) is 2.52. The van der Waals surface area contributed by atoms with Crippen LogP contribution in [0.1, 0.15) is 21.5 Å². The number of fused-ring (bicyclic) bond motifs is 1. The van der Waals surface area contributed by atoms with Crippen LogP contribution in [0.15, 0.2) is 48.0 Å². The Morgan fingerprint density at radius 3 is 2.77 bits per heavy atom. The van der Waals surface area contributed by atoms with E-state index >= 15 is 0 Å². The molecule has 110 valence electrons. The van der Waals surface area contributed by atoms with Gasteiger partial charge in [-0.3, -0.25) is 14.9 Å². The second kappa shape index (κ2) is 5.44. The van der Waals surface area contributed by atoms with E-state index in [1.54, 1.807) is 43.3 Å². The van der Waals surface area contributed by atoms with Crippen LogP contribution < -0.4 is 4.74 Å². The summed E-state index contributed by atoms with van der Waals surface area (Å²) in [6.07, 6.45) is 1.64. The van der Waals surface area contributed by atoms with Crippen LogP contribution >= 0.6 is 0 Å². The average molecular weight is 295 g/mol. The van der Waals surface area contributed by atoms with Crippen molar-refractivity contribution < 1.29 is 14.5 Å². The Morgan fingerprint density at radius 2 is 2.00 bits per heavy atom. The van der Waals surface area contributed by atoms with E-state index in [0.717, 1.165) is 0 Å². The Kier molecular flexibility index (Phi) is 3.47. The zero-order valence-corrected chi connectivity index (χ0v) is 11.9. The van der Waals surface area contributed by atoms with E-state index < -0.39 is 4.92 Å². The van der Waals surface area contributed by atoms with E-state index in [4.69, 9.17) is 4.74 Å². The number of para-hydroxylation sites is 1. The number of nitro groups is 1. The van der Waals surface area contributed by atoms with Crippen molar-refractivity contribution in [3.63, 3.8) is 0 Å². The van der Waals surface area contributed by atoms with E-state index in [9.17, 15) is 14.9 Å². The molecular weight excluding hydrogens is 282 g/mol. The molecule has 0 aromatic heterocycles. The second-order valence-electron chi connectivity index (χ2n) is 5.09. The standard InChI is InChI=1S/C17H13NO4/c1-11-6-7-12(9-15(11)18(20)21)8-13-10-22-16-5-3-2-4-14(16)17(13)19/h2-9H,10H2,1H3/b13-8+. The Morgan fingerprint density at radius 1 is 1.23 bits per heavy atom. The number of carbonyl (C=O) groups is 1. The Hall–Kier alpha value is -2.95. The van der Waals surface area contributed by atoms with Crippen molar-refractivity contribution in [2.75, 3.05) is 6.61 Å². The molecule has 0 saturated heterocycles. The highest BCUT2D eigenvalue weighted by atomic mass is 16.6. The Labute approximate surface area is 127 Å². The molecule has 2 aromatic carbocycles. The fourth-order valence-electron chi connectivity index (χ4n) is 2.40. The first-order chi connectivity index (χ1) is 10.6. The van der Waals surface area contributed by atoms with Crippen LogP contribution in [0, 0.1) is 17.0 Å². The van der Waals surface area contributed by atoms with E-state index in [0.29, 0.717) is 28.0 Å². The van der Waals surface area contributed by atoms with Crippen molar-refractivity contribution in [2.45, 2.75) is 6.92 Å². The summed E-state index contributed by atoms with van der Waals surface area (Å²) >= 11 is 0. The van der Waals surface area contributed by atoms with Crippen LogP contribution in [0.25, 0.3) is 6.08 Å². The molecule has 3 rings (SSSR count). The summed E-state index contributed by atoms with van der Waals surface area (Å²) in [7, 11) is 0. The summed E-state index contributed by atoms with van der Waals surface area (Å²) in [6, 6.07) is 11.9. The number of nitro benzene ring substituents is 1. The Balaban J connectivity index is 1.99. The third kappa shape index (κ3) is 2.48. The molecule has 1 aliphatic rings. The normalized spacial score (nSPS) is 15.3. The lowest BCUT2D eigenvalue weighted by atomic mass is 9.98. The van der Waals surface area contributed by atoms with E-state index in [2.05, 4.69) is 0 Å². The number of Topliss-reactive ketones (excluding diaryl/α,β-unsaturated/α-hetero) is 1. The molecule has 0 N–H and O–H groups in total. The predicted octanol–water partition coefficient (Wildman–Crippen LogP) is 3.56. The van der Waals surface area contributed by atoms with Gasteiger partial charge < -0.3 is 4.74 Å². The molecule has 0 saturated carbocycles. The number of carbonyl (C=O) groups excluding carboxylic acids is 1. The zero-order chi connectivity index (χ0) is 15.7. The van der Waals surface area contributed by atoms with Crippen molar-refractivity contribution in [3.8, 4) is 5.75 Å². The molecule has 1 heterocycles. The summed E-state index contributed by atoms with van der Waals surface area (Å²) in [4.78, 5) is 23.0. The fraction of sp³-hybridized carbons (Fsp3) is 0.118. The van der Waals surface area contributed by atoms with Crippen LogP contribution in [0.2, 0.25) is 0 Å². The van der Waals surface area contributed by atoms with E-state index in [1.165, 1.54) is 6.07 Å². The van der Waals surface area contributed by atoms with Gasteiger partial charge in [0.05, 0.1) is 10.5 Å². The lowest BCUT2D eigenvalue weighted by Gasteiger charge is -2.18. The third-order valence-electron chi connectivity index (χ3n) is 3.58. The lowest BCUT2D eigenvalue weighted by molar-refractivity contribution is -0.385. The van der Waals surface area contributed by atoms with Crippen molar-refractivity contribution in [1.82, 2.24) is 0 Å². The van der Waals surface area contributed by atoms with Gasteiger partial charge in [0.1, 0.15) is 12.4 Å². The molecule has 0 unspecified atom stereocenters. The summed E-state index contributed by atoms with van der Waals surface area (Å²) in [5, 5.41) is 11.0. The summed E-state index contributed by atoms with van der Waals surface area (Å²) in [5.41, 5.74) is 2.24. The molecule has 22 heavy (non-hydrogen) atoms. The molecule has 2 aromatic rings. The van der Waals surface area contributed by atoms with Gasteiger partial charge >= 0.3 is 0 Å². The first-order valence-electron chi connectivity index (χ1n) is 6.78. The number of nitrogens with zero attached hydrogens (tertiary/aromatic N) is 1. The van der Waals surface area contributed by atoms with Crippen LogP contribution in [0.5, 0.6) is 5.75 Å². The van der Waals surface area contributed by atoms with E-state index in [1.807, 2.05) is 6.07 Å².